The van der Waals surface area contributed by atoms with E-state index in [-0.39, 0.29) is 30.9 Å². The maximum atomic E-state index is 10.6. The van der Waals surface area contributed by atoms with Crippen molar-refractivity contribution in [2.75, 3.05) is 0 Å². The second-order valence-corrected chi connectivity index (χ2v) is 17.1. The van der Waals surface area contributed by atoms with Gasteiger partial charge < -0.3 is 0 Å². The molecule has 1 aromatic carbocycles. The molecule has 0 unspecified atom stereocenters. The van der Waals surface area contributed by atoms with Gasteiger partial charge in [0.1, 0.15) is 10.0 Å². The molecule has 1 aromatic rings. The number of hydrogen-bond donors (Lipinski definition) is 0. The molecule has 0 N–H and O–H groups in total. The van der Waals surface area contributed by atoms with Crippen molar-refractivity contribution in [3.05, 3.63) is 25.1 Å². The topological polar surface area (TPSA) is 35.5 Å². The van der Waals surface area contributed by atoms with Gasteiger partial charge in [0.25, 0.3) is 0 Å². The Kier molecular flexibility index (Phi) is 17.8. The van der Waals surface area contributed by atoms with E-state index in [1.54, 1.807) is 13.3 Å². The quantitative estimate of drug-likeness (QED) is 0.0819. The second-order valence-electron chi connectivity index (χ2n) is 6.62. The number of halogens is 5. The third-order valence-corrected chi connectivity index (χ3v) is 15.4. The predicted octanol–water partition coefficient (Wildman–Crippen LogP) is 9.69. The van der Waals surface area contributed by atoms with Crippen molar-refractivity contribution >= 4 is 83.7 Å². The second kappa shape index (κ2) is 17.3. The summed E-state index contributed by atoms with van der Waals surface area (Å²) in [7, 11) is 0. The maximum absolute atomic E-state index is 10.6. The SMILES string of the molecule is CC(=O)OOc1c(Cl)c(Cl)c(Cl)c(Cl)c1Cl.CCC[CH2][Sn]([CH2]CCC)[CH2]CCC. The number of hydrogen-bond acceptors (Lipinski definition) is 3. The van der Waals surface area contributed by atoms with Crippen molar-refractivity contribution in [1.29, 1.82) is 0 Å². The fraction of sp³-hybridized carbons (Fsp3) is 0.650. The van der Waals surface area contributed by atoms with Crippen LogP contribution in [0.3, 0.4) is 0 Å². The molecule has 0 saturated heterocycles. The summed E-state index contributed by atoms with van der Waals surface area (Å²) in [6, 6.07) is 0. The van der Waals surface area contributed by atoms with Crippen LogP contribution in [0.25, 0.3) is 0 Å². The molecule has 0 atom stereocenters. The molecule has 0 aliphatic heterocycles. The first-order valence-corrected chi connectivity index (χ1v) is 17.9. The van der Waals surface area contributed by atoms with Crippen molar-refractivity contribution in [3.8, 4) is 5.75 Å². The average Bonchev–Trinajstić information content (AvgIpc) is 2.70. The first-order valence-electron chi connectivity index (χ1n) is 9.91. The molecule has 29 heavy (non-hydrogen) atoms. The van der Waals surface area contributed by atoms with Crippen LogP contribution >= 0.6 is 58.0 Å². The van der Waals surface area contributed by atoms with Crippen LogP contribution in [0.2, 0.25) is 38.4 Å². The molecule has 1 radical (unpaired) electrons. The third-order valence-electron chi connectivity index (χ3n) is 4.06. The van der Waals surface area contributed by atoms with Gasteiger partial charge in [0.15, 0.2) is 0 Å². The first kappa shape index (κ1) is 29.7. The van der Waals surface area contributed by atoms with Crippen LogP contribution in [-0.2, 0) is 9.68 Å². The van der Waals surface area contributed by atoms with Gasteiger partial charge >= 0.3 is 98.3 Å². The van der Waals surface area contributed by atoms with E-state index in [4.69, 9.17) is 58.0 Å². The molecule has 0 bridgehead atoms. The van der Waals surface area contributed by atoms with E-state index in [9.17, 15) is 4.79 Å². The van der Waals surface area contributed by atoms with E-state index in [0.29, 0.717) is 0 Å². The van der Waals surface area contributed by atoms with Gasteiger partial charge in [0, 0.05) is 6.92 Å². The summed E-state index contributed by atoms with van der Waals surface area (Å²) < 4.78 is 5.04. The normalized spacial score (nSPS) is 10.6. The Labute approximate surface area is 207 Å². The molecule has 0 amide bonds. The summed E-state index contributed by atoms with van der Waals surface area (Å²) in [4.78, 5) is 19.4. The van der Waals surface area contributed by atoms with Gasteiger partial charge in [0.05, 0.1) is 15.1 Å². The van der Waals surface area contributed by atoms with E-state index < -0.39 is 25.7 Å². The molecular formula is C20H30Cl5O3Sn. The van der Waals surface area contributed by atoms with Gasteiger partial charge in [-0.05, 0) is 0 Å². The zero-order chi connectivity index (χ0) is 22.4. The van der Waals surface area contributed by atoms with Crippen molar-refractivity contribution in [1.82, 2.24) is 0 Å². The van der Waals surface area contributed by atoms with Crippen molar-refractivity contribution in [2.45, 2.75) is 79.5 Å². The van der Waals surface area contributed by atoms with Gasteiger partial charge in [-0.25, -0.2) is 4.79 Å². The number of carbonyl (C=O) groups is 1. The van der Waals surface area contributed by atoms with Crippen LogP contribution in [0, 0.1) is 0 Å². The van der Waals surface area contributed by atoms with Crippen molar-refractivity contribution < 1.29 is 14.6 Å². The third kappa shape index (κ3) is 11.8. The van der Waals surface area contributed by atoms with Gasteiger partial charge in [-0.15, -0.1) is 0 Å². The van der Waals surface area contributed by atoms with Gasteiger partial charge in [0.2, 0.25) is 5.75 Å². The Morgan fingerprint density at radius 2 is 1.07 bits per heavy atom. The molecule has 0 heterocycles. The standard InChI is InChI=1S/C8H3Cl5O3.3C4H9.Sn/c1-2(14)15-16-8-6(12)4(10)3(9)5(11)7(8)13;3*1-3-4-2;/h1H3;3*1,3-4H2,2H3;. The Bertz CT molecular complexity index is 581. The molecule has 3 nitrogen and oxygen atoms in total. The minimum absolute atomic E-state index is 0.00601. The van der Waals surface area contributed by atoms with Crippen LogP contribution in [0.15, 0.2) is 0 Å². The minimum atomic E-state index is -0.839. The Morgan fingerprint density at radius 3 is 1.38 bits per heavy atom. The summed E-state index contributed by atoms with van der Waals surface area (Å²) in [6.45, 7) is 8.14. The van der Waals surface area contributed by atoms with Crippen LogP contribution in [0.1, 0.15) is 66.2 Å². The van der Waals surface area contributed by atoms with Crippen molar-refractivity contribution in [2.24, 2.45) is 0 Å². The van der Waals surface area contributed by atoms with Crippen LogP contribution in [0.4, 0.5) is 0 Å². The number of carbonyl (C=O) groups excluding carboxylic acids is 1. The van der Waals surface area contributed by atoms with Gasteiger partial charge in [-0.3, -0.25) is 9.78 Å². The fourth-order valence-corrected chi connectivity index (χ4v) is 13.0. The molecule has 0 spiro atoms. The Morgan fingerprint density at radius 1 is 0.724 bits per heavy atom. The molecule has 0 aliphatic rings. The number of unbranched alkanes of at least 4 members (excludes halogenated alkanes) is 3. The molecular weight excluding hydrogens is 584 g/mol. The van der Waals surface area contributed by atoms with E-state index >= 15 is 0 Å². The summed E-state index contributed by atoms with van der Waals surface area (Å²) in [5.41, 5.74) is 0. The van der Waals surface area contributed by atoms with E-state index in [0.717, 1.165) is 6.92 Å². The van der Waals surface area contributed by atoms with E-state index in [2.05, 4.69) is 30.5 Å². The molecule has 0 aromatic heterocycles. The average molecular weight is 614 g/mol. The monoisotopic (exact) mass is 613 g/mol. The van der Waals surface area contributed by atoms with Crippen molar-refractivity contribution in [3.63, 3.8) is 0 Å². The Hall–Kier alpha value is 0.739. The molecule has 0 saturated carbocycles. The zero-order valence-corrected chi connectivity index (χ0v) is 24.1. The number of rotatable bonds is 11. The van der Waals surface area contributed by atoms with Crippen LogP contribution in [0.5, 0.6) is 5.75 Å². The molecule has 0 fully saturated rings. The fourth-order valence-electron chi connectivity index (χ4n) is 2.41. The molecule has 9 heteroatoms. The number of benzene rings is 1. The molecule has 0 aliphatic carbocycles. The molecule has 1 rings (SSSR count). The summed E-state index contributed by atoms with van der Waals surface area (Å²) in [5, 5.41) is -0.280. The van der Waals surface area contributed by atoms with Crippen LogP contribution in [-0.4, -0.2) is 25.7 Å². The van der Waals surface area contributed by atoms with Gasteiger partial charge in [-0.2, -0.15) is 0 Å². The summed E-state index contributed by atoms with van der Waals surface area (Å²) in [6.07, 6.45) is 8.85. The van der Waals surface area contributed by atoms with E-state index in [1.165, 1.54) is 38.5 Å². The first-order chi connectivity index (χ1) is 13.7. The Balaban J connectivity index is 0.000000555. The van der Waals surface area contributed by atoms with Crippen LogP contribution < -0.4 is 4.89 Å². The van der Waals surface area contributed by atoms with E-state index in [1.807, 2.05) is 0 Å². The molecule has 167 valence electrons. The summed E-state index contributed by atoms with van der Waals surface area (Å²) in [5.74, 6) is -0.854. The zero-order valence-electron chi connectivity index (χ0n) is 17.5. The predicted molar refractivity (Wildman–Crippen MR) is 129 cm³/mol. The van der Waals surface area contributed by atoms with Gasteiger partial charge in [-0.1, -0.05) is 58.0 Å². The summed E-state index contributed by atoms with van der Waals surface area (Å²) >= 11 is 28.0.